The molecule has 1 aromatic rings. The molecule has 0 unspecified atom stereocenters. The maximum Gasteiger partial charge on any atom is 0.293 e. The fourth-order valence-electron chi connectivity index (χ4n) is 2.95. The molecular weight excluding hydrogens is 344 g/mol. The Bertz CT molecular complexity index is 700. The van der Waals surface area contributed by atoms with Crippen LogP contribution >= 0.6 is 0 Å². The van der Waals surface area contributed by atoms with E-state index in [-0.39, 0.29) is 10.6 Å². The molecule has 1 heterocycles. The van der Waals surface area contributed by atoms with Crippen molar-refractivity contribution in [2.24, 2.45) is 0 Å². The van der Waals surface area contributed by atoms with E-state index in [4.69, 9.17) is 0 Å². The Hall–Kier alpha value is -1.71. The van der Waals surface area contributed by atoms with Crippen molar-refractivity contribution < 1.29 is 18.2 Å². The molecule has 25 heavy (non-hydrogen) atoms. The van der Waals surface area contributed by atoms with Gasteiger partial charge in [-0.05, 0) is 31.4 Å². The van der Waals surface area contributed by atoms with Crippen molar-refractivity contribution in [2.75, 3.05) is 45.2 Å². The van der Waals surface area contributed by atoms with Crippen molar-refractivity contribution >= 4 is 21.4 Å². The lowest BCUT2D eigenvalue weighted by atomic mass is 10.1. The molecule has 1 fully saturated rings. The summed E-state index contributed by atoms with van der Waals surface area (Å²) in [5, 5.41) is 11.4. The number of anilines is 1. The van der Waals surface area contributed by atoms with Crippen molar-refractivity contribution in [3.05, 3.63) is 28.3 Å². The number of benzene rings is 1. The molecule has 140 valence electrons. The van der Waals surface area contributed by atoms with Gasteiger partial charge in [0.05, 0.1) is 30.5 Å². The lowest BCUT2D eigenvalue weighted by Crippen LogP contribution is -3.05. The second kappa shape index (κ2) is 8.59. The Labute approximate surface area is 149 Å². The molecule has 0 atom stereocenters. The normalized spacial score (nSPS) is 15.6. The van der Waals surface area contributed by atoms with Gasteiger partial charge in [0.1, 0.15) is 5.69 Å². The van der Waals surface area contributed by atoms with Crippen molar-refractivity contribution in [2.45, 2.75) is 30.6 Å². The molecule has 0 amide bonds. The molecule has 1 aromatic carbocycles. The first kappa shape index (κ1) is 19.6. The summed E-state index contributed by atoms with van der Waals surface area (Å²) < 4.78 is 27.3. The van der Waals surface area contributed by atoms with E-state index in [1.807, 2.05) is 19.0 Å². The predicted molar refractivity (Wildman–Crippen MR) is 96.6 cm³/mol. The van der Waals surface area contributed by atoms with Crippen LogP contribution in [0.25, 0.3) is 0 Å². The van der Waals surface area contributed by atoms with Crippen molar-refractivity contribution in [3.8, 4) is 0 Å². The molecule has 1 aliphatic heterocycles. The van der Waals surface area contributed by atoms with Crippen LogP contribution in [0.4, 0.5) is 11.4 Å². The highest BCUT2D eigenvalue weighted by Gasteiger charge is 2.25. The van der Waals surface area contributed by atoms with E-state index < -0.39 is 14.9 Å². The van der Waals surface area contributed by atoms with Crippen LogP contribution in [-0.4, -0.2) is 53.6 Å². The first-order chi connectivity index (χ1) is 11.8. The van der Waals surface area contributed by atoms with Crippen LogP contribution in [-0.2, 0) is 10.0 Å². The lowest BCUT2D eigenvalue weighted by Gasteiger charge is -2.28. The largest absolute Gasteiger partial charge is 0.366 e. The van der Waals surface area contributed by atoms with Crippen LogP contribution in [0.3, 0.4) is 0 Å². The molecule has 0 radical (unpaired) electrons. The van der Waals surface area contributed by atoms with Crippen LogP contribution in [0.1, 0.15) is 25.7 Å². The lowest BCUT2D eigenvalue weighted by molar-refractivity contribution is -0.858. The van der Waals surface area contributed by atoms with Gasteiger partial charge in [-0.15, -0.1) is 0 Å². The molecule has 2 rings (SSSR count). The van der Waals surface area contributed by atoms with Gasteiger partial charge in [0.2, 0.25) is 10.0 Å². The Balaban J connectivity index is 2.18. The number of nitro groups is 1. The van der Waals surface area contributed by atoms with E-state index in [0.717, 1.165) is 38.9 Å². The third-order valence-electron chi connectivity index (χ3n) is 4.30. The number of hydrogen-bond donors (Lipinski definition) is 2. The fraction of sp³-hybridized carbons (Fsp3) is 0.625. The second-order valence-corrected chi connectivity index (χ2v) is 8.43. The highest BCUT2D eigenvalue weighted by molar-refractivity contribution is 7.89. The minimum Gasteiger partial charge on any atom is -0.366 e. The topological polar surface area (TPSA) is 97.0 Å². The van der Waals surface area contributed by atoms with Crippen LogP contribution in [0.2, 0.25) is 0 Å². The van der Waals surface area contributed by atoms with E-state index in [9.17, 15) is 18.5 Å². The molecule has 8 nitrogen and oxygen atoms in total. The van der Waals surface area contributed by atoms with Gasteiger partial charge in [-0.3, -0.25) is 10.1 Å². The van der Waals surface area contributed by atoms with Crippen LogP contribution < -0.4 is 14.5 Å². The monoisotopic (exact) mass is 371 g/mol. The zero-order valence-electron chi connectivity index (χ0n) is 14.8. The maximum absolute atomic E-state index is 12.4. The molecule has 0 saturated carbocycles. The number of nitro benzene ring substituents is 1. The van der Waals surface area contributed by atoms with E-state index >= 15 is 0 Å². The van der Waals surface area contributed by atoms with Crippen molar-refractivity contribution in [1.29, 1.82) is 0 Å². The zero-order valence-corrected chi connectivity index (χ0v) is 15.6. The Morgan fingerprint density at radius 3 is 2.52 bits per heavy atom. The van der Waals surface area contributed by atoms with Gasteiger partial charge < -0.3 is 9.80 Å². The van der Waals surface area contributed by atoms with Gasteiger partial charge in [-0.1, -0.05) is 0 Å². The van der Waals surface area contributed by atoms with Crippen molar-refractivity contribution in [1.82, 2.24) is 4.72 Å². The summed E-state index contributed by atoms with van der Waals surface area (Å²) in [7, 11) is 0.250. The molecule has 0 aliphatic carbocycles. The number of quaternary nitrogens is 1. The minimum atomic E-state index is -3.74. The van der Waals surface area contributed by atoms with E-state index in [0.29, 0.717) is 18.7 Å². The molecule has 9 heteroatoms. The van der Waals surface area contributed by atoms with Crippen LogP contribution in [0.15, 0.2) is 23.1 Å². The SMILES string of the molecule is C[NH+](C)CCCNS(=O)(=O)c1ccc(N2CCCCC2)c([N+](=O)[O-])c1. The van der Waals surface area contributed by atoms with E-state index in [1.165, 1.54) is 17.0 Å². The van der Waals surface area contributed by atoms with Gasteiger partial charge in [-0.2, -0.15) is 0 Å². The average Bonchev–Trinajstić information content (AvgIpc) is 2.59. The molecule has 0 aromatic heterocycles. The van der Waals surface area contributed by atoms with Gasteiger partial charge in [0.15, 0.2) is 0 Å². The number of sulfonamides is 1. The first-order valence-corrected chi connectivity index (χ1v) is 10.1. The minimum absolute atomic E-state index is 0.0582. The highest BCUT2D eigenvalue weighted by atomic mass is 32.2. The summed E-state index contributed by atoms with van der Waals surface area (Å²) in [5.74, 6) is 0. The van der Waals surface area contributed by atoms with Gasteiger partial charge >= 0.3 is 0 Å². The fourth-order valence-corrected chi connectivity index (χ4v) is 4.04. The number of piperidine rings is 1. The predicted octanol–water partition coefficient (Wildman–Crippen LogP) is 0.398. The number of rotatable bonds is 8. The van der Waals surface area contributed by atoms with Gasteiger partial charge in [0.25, 0.3) is 5.69 Å². The van der Waals surface area contributed by atoms with Crippen molar-refractivity contribution in [3.63, 3.8) is 0 Å². The quantitative estimate of drug-likeness (QED) is 0.392. The summed E-state index contributed by atoms with van der Waals surface area (Å²) in [6.07, 6.45) is 3.81. The second-order valence-electron chi connectivity index (χ2n) is 6.66. The maximum atomic E-state index is 12.4. The molecule has 1 aliphatic rings. The average molecular weight is 371 g/mol. The summed E-state index contributed by atoms with van der Waals surface area (Å²) >= 11 is 0. The molecule has 1 saturated heterocycles. The summed E-state index contributed by atoms with van der Waals surface area (Å²) in [5.41, 5.74) is 0.349. The third kappa shape index (κ3) is 5.38. The zero-order chi connectivity index (χ0) is 18.4. The number of nitrogens with one attached hydrogen (secondary N) is 2. The summed E-state index contributed by atoms with van der Waals surface area (Å²) in [6, 6.07) is 4.18. The molecule has 2 N–H and O–H groups in total. The number of hydrogen-bond acceptors (Lipinski definition) is 5. The Kier molecular flexibility index (Phi) is 6.74. The van der Waals surface area contributed by atoms with Gasteiger partial charge in [-0.25, -0.2) is 13.1 Å². The molecule has 0 spiro atoms. The Morgan fingerprint density at radius 1 is 1.24 bits per heavy atom. The standard InChI is InChI=1S/C16H26N4O4S/c1-18(2)10-6-9-17-25(23,24)14-7-8-15(16(13-14)20(21)22)19-11-4-3-5-12-19/h7-8,13,17H,3-6,9-12H2,1-2H3/p+1. The Morgan fingerprint density at radius 2 is 1.92 bits per heavy atom. The first-order valence-electron chi connectivity index (χ1n) is 8.63. The number of nitrogens with zero attached hydrogens (tertiary/aromatic N) is 2. The third-order valence-corrected chi connectivity index (χ3v) is 5.75. The van der Waals surface area contributed by atoms with E-state index in [2.05, 4.69) is 4.72 Å². The highest BCUT2D eigenvalue weighted by Crippen LogP contribution is 2.32. The van der Waals surface area contributed by atoms with Gasteiger partial charge in [0, 0.05) is 32.1 Å². The van der Waals surface area contributed by atoms with E-state index in [1.54, 1.807) is 6.07 Å². The van der Waals surface area contributed by atoms with Crippen LogP contribution in [0, 0.1) is 10.1 Å². The smallest absolute Gasteiger partial charge is 0.293 e. The summed E-state index contributed by atoms with van der Waals surface area (Å²) in [6.45, 7) is 2.68. The summed E-state index contributed by atoms with van der Waals surface area (Å²) in [4.78, 5) is 14.1. The molecule has 0 bridgehead atoms. The van der Waals surface area contributed by atoms with Crippen LogP contribution in [0.5, 0.6) is 0 Å². The molecular formula is C16H27N4O4S+.